The monoisotopic (exact) mass is 663 g/mol. The number of nitrogens with zero attached hydrogens (tertiary/aromatic N) is 2. The first-order valence-electron chi connectivity index (χ1n) is 17.5. The molecule has 3 amide bonds. The molecule has 4 aliphatic rings. The number of hydrogen-bond acceptors (Lipinski definition) is 7. The minimum absolute atomic E-state index is 0.0496. The number of fused-ring (bicyclic) bond motifs is 2. The summed E-state index contributed by atoms with van der Waals surface area (Å²) >= 11 is 0. The van der Waals surface area contributed by atoms with Crippen molar-refractivity contribution in [1.82, 2.24) is 15.1 Å². The fourth-order valence-corrected chi connectivity index (χ4v) is 8.33. The lowest BCUT2D eigenvalue weighted by atomic mass is 9.73. The minimum Gasteiger partial charge on any atom is -0.463 e. The Bertz CT molecular complexity index is 1400. The van der Waals surface area contributed by atoms with Gasteiger partial charge >= 0.3 is 5.97 Å². The zero-order chi connectivity index (χ0) is 34.7. The zero-order valence-electron chi connectivity index (χ0n) is 29.2. The summed E-state index contributed by atoms with van der Waals surface area (Å²) in [7, 11) is 0. The predicted octanol–water partition coefficient (Wildman–Crippen LogP) is 4.48. The summed E-state index contributed by atoms with van der Waals surface area (Å²) in [5, 5.41) is 12.4. The van der Waals surface area contributed by atoms with Gasteiger partial charge in [-0.05, 0) is 50.5 Å². The van der Waals surface area contributed by atoms with E-state index in [-0.39, 0.29) is 48.7 Å². The number of rotatable bonds is 9. The third-order valence-corrected chi connectivity index (χ3v) is 10.1. The molecule has 262 valence electrons. The number of hydrogen-bond donors (Lipinski definition) is 2. The molecule has 2 fully saturated rings. The molecule has 48 heavy (non-hydrogen) atoms. The van der Waals surface area contributed by atoms with Gasteiger partial charge in [-0.3, -0.25) is 19.2 Å². The highest BCUT2D eigenvalue weighted by Gasteiger charge is 2.73. The van der Waals surface area contributed by atoms with Crippen molar-refractivity contribution in [2.75, 3.05) is 26.3 Å². The summed E-state index contributed by atoms with van der Waals surface area (Å²) < 4.78 is 12.3. The number of unbranched alkanes of at least 4 members (excludes halogenated alkanes) is 3. The van der Waals surface area contributed by atoms with E-state index in [1.807, 2.05) is 59.5 Å². The number of nitrogens with one attached hydrogen (secondary N) is 1. The van der Waals surface area contributed by atoms with Crippen LogP contribution in [0.1, 0.15) is 91.2 Å². The third kappa shape index (κ3) is 7.39. The number of allylic oxidation sites excluding steroid dienone is 1. The number of aliphatic hydroxyl groups is 1. The van der Waals surface area contributed by atoms with Crippen LogP contribution >= 0.6 is 0 Å². The Labute approximate surface area is 284 Å². The van der Waals surface area contributed by atoms with Crippen molar-refractivity contribution in [1.29, 1.82) is 0 Å². The molecule has 1 aromatic carbocycles. The van der Waals surface area contributed by atoms with Gasteiger partial charge in [0.1, 0.15) is 18.2 Å². The van der Waals surface area contributed by atoms with Gasteiger partial charge in [0.05, 0.1) is 24.0 Å². The molecule has 5 rings (SSSR count). The van der Waals surface area contributed by atoms with E-state index in [9.17, 15) is 19.5 Å². The van der Waals surface area contributed by atoms with E-state index in [1.54, 1.807) is 4.90 Å². The summed E-state index contributed by atoms with van der Waals surface area (Å²) in [5.41, 5.74) is -1.19. The van der Waals surface area contributed by atoms with E-state index in [1.165, 1.54) is 0 Å². The van der Waals surface area contributed by atoms with Crippen molar-refractivity contribution < 1.29 is 33.8 Å². The van der Waals surface area contributed by atoms with Crippen LogP contribution in [-0.4, -0.2) is 88.2 Å². The molecule has 0 radical (unpaired) electrons. The fourth-order valence-electron chi connectivity index (χ4n) is 8.33. The van der Waals surface area contributed by atoms with Crippen LogP contribution in [0.2, 0.25) is 0 Å². The van der Waals surface area contributed by atoms with Crippen LogP contribution in [0, 0.1) is 17.3 Å². The summed E-state index contributed by atoms with van der Waals surface area (Å²) in [4.78, 5) is 60.2. The number of esters is 1. The summed E-state index contributed by atoms with van der Waals surface area (Å²) in [6, 6.07) is 7.76. The van der Waals surface area contributed by atoms with Gasteiger partial charge in [-0.25, -0.2) is 0 Å². The molecule has 5 bridgehead atoms. The van der Waals surface area contributed by atoms with E-state index >= 15 is 4.79 Å². The van der Waals surface area contributed by atoms with Gasteiger partial charge in [-0.1, -0.05) is 88.2 Å². The maximum atomic E-state index is 15.1. The second kappa shape index (κ2) is 14.5. The maximum absolute atomic E-state index is 15.1. The topological polar surface area (TPSA) is 125 Å². The number of carbonyl (C=O) groups is 4. The summed E-state index contributed by atoms with van der Waals surface area (Å²) in [5.74, 6) is -2.95. The number of benzene rings is 1. The maximum Gasteiger partial charge on any atom is 0.306 e. The second-order valence-electron chi connectivity index (χ2n) is 15.5. The molecule has 0 saturated carbocycles. The second-order valence-corrected chi connectivity index (χ2v) is 15.5. The van der Waals surface area contributed by atoms with Gasteiger partial charge < -0.3 is 29.7 Å². The zero-order valence-corrected chi connectivity index (χ0v) is 29.2. The molecule has 0 aliphatic carbocycles. The molecule has 10 heteroatoms. The number of aliphatic hydroxyl groups excluding tert-OH is 1. The van der Waals surface area contributed by atoms with Crippen molar-refractivity contribution in [2.45, 2.75) is 109 Å². The van der Waals surface area contributed by atoms with Gasteiger partial charge in [0.2, 0.25) is 17.7 Å². The standard InChI is InChI=1S/C38H53N3O7/c1-36(2,3)25-37(4,5)41-22-14-9-12-18-29(43)47-24-27(26-16-10-8-11-17-26)39-33(44)30-28-19-20-38(48-28)31(30)34(45)40(32(38)35(41)46)21-13-6-7-15-23-42/h8-11,14,16-17,19-20,27-28,30-32,42H,6-7,12-13,15,18,21-25H2,1-5H3,(H,39,44)/b14-9-/t27-,28-,30+,31+,32-,38+/m0/s1. The fraction of sp³-hybridized carbons (Fsp3) is 0.632. The van der Waals surface area contributed by atoms with E-state index in [2.05, 4.69) is 39.9 Å². The van der Waals surface area contributed by atoms with E-state index < -0.39 is 41.2 Å². The number of likely N-dealkylation sites (tertiary alicyclic amines) is 1. The van der Waals surface area contributed by atoms with Gasteiger partial charge in [-0.2, -0.15) is 0 Å². The Morgan fingerprint density at radius 1 is 0.958 bits per heavy atom. The Morgan fingerprint density at radius 2 is 1.69 bits per heavy atom. The molecule has 0 unspecified atom stereocenters. The van der Waals surface area contributed by atoms with Crippen LogP contribution in [-0.2, 0) is 28.7 Å². The van der Waals surface area contributed by atoms with Crippen LogP contribution in [0.3, 0.4) is 0 Å². The number of cyclic esters (lactones) is 1. The molecule has 1 spiro atoms. The number of carbonyl (C=O) groups excluding carboxylic acids is 4. The first kappa shape index (κ1) is 35.8. The van der Waals surface area contributed by atoms with E-state index in [0.29, 0.717) is 38.8 Å². The average Bonchev–Trinajstić information content (AvgIpc) is 3.66. The lowest BCUT2D eigenvalue weighted by Crippen LogP contribution is -2.60. The predicted molar refractivity (Wildman–Crippen MR) is 181 cm³/mol. The normalized spacial score (nSPS) is 30.4. The molecule has 1 aromatic rings. The molecule has 2 saturated heterocycles. The van der Waals surface area contributed by atoms with Crippen LogP contribution in [0.4, 0.5) is 0 Å². The van der Waals surface area contributed by atoms with Crippen LogP contribution in [0.25, 0.3) is 0 Å². The van der Waals surface area contributed by atoms with Crippen LogP contribution in [0.5, 0.6) is 0 Å². The molecule has 4 aliphatic heterocycles. The number of amides is 3. The van der Waals surface area contributed by atoms with Gasteiger partial charge in [0.25, 0.3) is 0 Å². The first-order chi connectivity index (χ1) is 22.8. The first-order valence-corrected chi connectivity index (χ1v) is 17.5. The Hall–Kier alpha value is -3.50. The van der Waals surface area contributed by atoms with Gasteiger partial charge in [0, 0.05) is 31.7 Å². The lowest BCUT2D eigenvalue weighted by Gasteiger charge is -2.45. The van der Waals surface area contributed by atoms with Crippen molar-refractivity contribution in [3.05, 3.63) is 60.2 Å². The van der Waals surface area contributed by atoms with Gasteiger partial charge in [0.15, 0.2) is 0 Å². The quantitative estimate of drug-likeness (QED) is 0.227. The molecular formula is C38H53N3O7. The smallest absolute Gasteiger partial charge is 0.306 e. The summed E-state index contributed by atoms with van der Waals surface area (Å²) in [6.07, 6.45) is 11.1. The van der Waals surface area contributed by atoms with Crippen molar-refractivity contribution in [2.24, 2.45) is 17.3 Å². The molecular weight excluding hydrogens is 610 g/mol. The Balaban J connectivity index is 1.56. The molecule has 2 N–H and O–H groups in total. The SMILES string of the molecule is CC(C)(C)CC(C)(C)N1C/C=C\CCC(=O)OC[C@@H](c2ccccc2)NC(=O)[C@@H]2[C@@H]3C=C[C@]4(O3)[C@H](C1=O)N(CCCCCCO)C(=O)[C@@H]24. The highest BCUT2D eigenvalue weighted by molar-refractivity contribution is 6.00. The minimum atomic E-state index is -1.28. The summed E-state index contributed by atoms with van der Waals surface area (Å²) in [6.45, 7) is 11.2. The molecule has 4 heterocycles. The largest absolute Gasteiger partial charge is 0.463 e. The van der Waals surface area contributed by atoms with E-state index in [0.717, 1.165) is 18.4 Å². The Kier molecular flexibility index (Phi) is 10.8. The van der Waals surface area contributed by atoms with Crippen molar-refractivity contribution in [3.63, 3.8) is 0 Å². The average molecular weight is 664 g/mol. The lowest BCUT2D eigenvalue weighted by molar-refractivity contribution is -0.152. The van der Waals surface area contributed by atoms with Crippen molar-refractivity contribution in [3.8, 4) is 0 Å². The van der Waals surface area contributed by atoms with Crippen LogP contribution < -0.4 is 5.32 Å². The Morgan fingerprint density at radius 3 is 2.40 bits per heavy atom. The molecule has 6 atom stereocenters. The van der Waals surface area contributed by atoms with Gasteiger partial charge in [-0.15, -0.1) is 0 Å². The highest BCUT2D eigenvalue weighted by atomic mass is 16.5. The third-order valence-electron chi connectivity index (χ3n) is 10.1. The number of ether oxygens (including phenoxy) is 2. The van der Waals surface area contributed by atoms with E-state index in [4.69, 9.17) is 9.47 Å². The molecule has 10 nitrogen and oxygen atoms in total. The molecule has 0 aromatic heterocycles. The highest BCUT2D eigenvalue weighted by Crippen LogP contribution is 2.56. The van der Waals surface area contributed by atoms with Crippen molar-refractivity contribution >= 4 is 23.7 Å². The van der Waals surface area contributed by atoms with Crippen LogP contribution in [0.15, 0.2) is 54.6 Å².